The second-order valence-electron chi connectivity index (χ2n) is 7.40. The maximum absolute atomic E-state index is 3.60. The number of nitrogens with one attached hydrogen (secondary N) is 1. The van der Waals surface area contributed by atoms with Crippen LogP contribution in [-0.4, -0.2) is 29.6 Å². The van der Waals surface area contributed by atoms with Crippen LogP contribution in [-0.2, 0) is 13.0 Å². The third-order valence-electron chi connectivity index (χ3n) is 4.12. The minimum absolute atomic E-state index is 0.206. The van der Waals surface area contributed by atoms with Crippen molar-refractivity contribution >= 4 is 0 Å². The first-order valence-electron chi connectivity index (χ1n) is 8.55. The fourth-order valence-electron chi connectivity index (χ4n) is 2.86. The number of benzene rings is 1. The zero-order chi connectivity index (χ0) is 15.3. The largest absolute Gasteiger partial charge is 0.312 e. The van der Waals surface area contributed by atoms with Gasteiger partial charge in [-0.25, -0.2) is 0 Å². The predicted molar refractivity (Wildman–Crippen MR) is 91.6 cm³/mol. The molecule has 0 amide bonds. The predicted octanol–water partition coefficient (Wildman–Crippen LogP) is 3.99. The van der Waals surface area contributed by atoms with Gasteiger partial charge < -0.3 is 5.32 Å². The van der Waals surface area contributed by atoms with Gasteiger partial charge >= 0.3 is 0 Å². The van der Waals surface area contributed by atoms with Crippen molar-refractivity contribution < 1.29 is 0 Å². The summed E-state index contributed by atoms with van der Waals surface area (Å²) in [6, 6.07) is 9.84. The zero-order valence-electron chi connectivity index (χ0n) is 14.3. The third-order valence-corrected chi connectivity index (χ3v) is 4.12. The Bertz CT molecular complexity index is 429. The van der Waals surface area contributed by atoms with Crippen LogP contribution in [0, 0.1) is 0 Å². The van der Waals surface area contributed by atoms with Crippen LogP contribution in [0.2, 0.25) is 0 Å². The van der Waals surface area contributed by atoms with Gasteiger partial charge in [0.05, 0.1) is 0 Å². The van der Waals surface area contributed by atoms with E-state index < -0.39 is 0 Å². The van der Waals surface area contributed by atoms with Crippen molar-refractivity contribution in [3.8, 4) is 0 Å². The summed E-state index contributed by atoms with van der Waals surface area (Å²) in [6.07, 6.45) is 5.17. The van der Waals surface area contributed by atoms with Gasteiger partial charge in [-0.15, -0.1) is 0 Å². The summed E-state index contributed by atoms with van der Waals surface area (Å²) in [4.78, 5) is 2.68. The van der Waals surface area contributed by atoms with E-state index in [4.69, 9.17) is 0 Å². The number of nitrogens with zero attached hydrogens (tertiary/aromatic N) is 1. The van der Waals surface area contributed by atoms with E-state index in [0.717, 1.165) is 25.6 Å². The lowest BCUT2D eigenvalue weighted by Gasteiger charge is -2.24. The Hall–Kier alpha value is -0.860. The molecule has 1 aliphatic rings. The maximum Gasteiger partial charge on any atom is 0.0239 e. The molecular formula is C19H32N2. The van der Waals surface area contributed by atoms with E-state index in [1.165, 1.54) is 36.9 Å². The lowest BCUT2D eigenvalue weighted by molar-refractivity contribution is 0.254. The molecule has 1 aromatic rings. The Morgan fingerprint density at radius 3 is 2.38 bits per heavy atom. The third kappa shape index (κ3) is 5.80. The van der Waals surface area contributed by atoms with E-state index in [2.05, 4.69) is 62.2 Å². The fraction of sp³-hybridized carbons (Fsp3) is 0.684. The molecule has 1 aromatic carbocycles. The van der Waals surface area contributed by atoms with Crippen molar-refractivity contribution in [3.63, 3.8) is 0 Å². The molecule has 0 aromatic heterocycles. The molecule has 2 heteroatoms. The molecule has 0 spiro atoms. The van der Waals surface area contributed by atoms with Crippen LogP contribution in [0.3, 0.4) is 0 Å². The van der Waals surface area contributed by atoms with Crippen LogP contribution < -0.4 is 5.32 Å². The Morgan fingerprint density at radius 2 is 1.81 bits per heavy atom. The number of rotatable bonds is 8. The SMILES string of the molecule is CCCN(Cc1ccccc1CCNC(C)(C)C)C1CC1. The quantitative estimate of drug-likeness (QED) is 0.778. The second kappa shape index (κ2) is 7.42. The Labute approximate surface area is 130 Å². The van der Waals surface area contributed by atoms with Crippen LogP contribution >= 0.6 is 0 Å². The molecule has 118 valence electrons. The van der Waals surface area contributed by atoms with E-state index in [-0.39, 0.29) is 5.54 Å². The van der Waals surface area contributed by atoms with Crippen molar-refractivity contribution in [1.82, 2.24) is 10.2 Å². The van der Waals surface area contributed by atoms with Crippen LogP contribution in [0.25, 0.3) is 0 Å². The highest BCUT2D eigenvalue weighted by Crippen LogP contribution is 2.29. The highest BCUT2D eigenvalue weighted by molar-refractivity contribution is 5.27. The van der Waals surface area contributed by atoms with E-state index in [1.54, 1.807) is 0 Å². The minimum atomic E-state index is 0.206. The molecule has 0 bridgehead atoms. The second-order valence-corrected chi connectivity index (χ2v) is 7.40. The molecule has 0 atom stereocenters. The van der Waals surface area contributed by atoms with Crippen molar-refractivity contribution in [2.75, 3.05) is 13.1 Å². The van der Waals surface area contributed by atoms with Crippen molar-refractivity contribution in [2.45, 2.75) is 71.5 Å². The molecule has 1 saturated carbocycles. The number of hydrogen-bond acceptors (Lipinski definition) is 2. The summed E-state index contributed by atoms with van der Waals surface area (Å²) in [5, 5.41) is 3.60. The lowest BCUT2D eigenvalue weighted by Crippen LogP contribution is -2.37. The summed E-state index contributed by atoms with van der Waals surface area (Å²) in [5.41, 5.74) is 3.24. The minimum Gasteiger partial charge on any atom is -0.312 e. The van der Waals surface area contributed by atoms with Gasteiger partial charge in [0.1, 0.15) is 0 Å². The van der Waals surface area contributed by atoms with Gasteiger partial charge in [-0.2, -0.15) is 0 Å². The molecule has 2 nitrogen and oxygen atoms in total. The van der Waals surface area contributed by atoms with Gasteiger partial charge in [0.15, 0.2) is 0 Å². The lowest BCUT2D eigenvalue weighted by atomic mass is 10.0. The van der Waals surface area contributed by atoms with E-state index in [1.807, 2.05) is 0 Å². The molecule has 1 aliphatic carbocycles. The summed E-state index contributed by atoms with van der Waals surface area (Å²) in [7, 11) is 0. The van der Waals surface area contributed by atoms with Crippen molar-refractivity contribution in [2.24, 2.45) is 0 Å². The molecule has 0 radical (unpaired) electrons. The summed E-state index contributed by atoms with van der Waals surface area (Å²) >= 11 is 0. The van der Waals surface area contributed by atoms with E-state index >= 15 is 0 Å². The molecule has 0 saturated heterocycles. The fourth-order valence-corrected chi connectivity index (χ4v) is 2.86. The molecule has 1 fully saturated rings. The highest BCUT2D eigenvalue weighted by Gasteiger charge is 2.28. The van der Waals surface area contributed by atoms with Gasteiger partial charge in [-0.05, 0) is 70.7 Å². The topological polar surface area (TPSA) is 15.3 Å². The maximum atomic E-state index is 3.60. The van der Waals surface area contributed by atoms with E-state index in [0.29, 0.717) is 0 Å². The van der Waals surface area contributed by atoms with Gasteiger partial charge in [0.25, 0.3) is 0 Å². The zero-order valence-corrected chi connectivity index (χ0v) is 14.3. The molecular weight excluding hydrogens is 256 g/mol. The molecule has 21 heavy (non-hydrogen) atoms. The highest BCUT2D eigenvalue weighted by atomic mass is 15.2. The first-order chi connectivity index (χ1) is 9.99. The van der Waals surface area contributed by atoms with Crippen LogP contribution in [0.1, 0.15) is 58.1 Å². The molecule has 0 heterocycles. The standard InChI is InChI=1S/C19H32N2/c1-5-14-21(18-10-11-18)15-17-9-7-6-8-16(17)12-13-20-19(2,3)4/h6-9,18,20H,5,10-15H2,1-4H3. The molecule has 2 rings (SSSR count). The van der Waals surface area contributed by atoms with Crippen LogP contribution in [0.5, 0.6) is 0 Å². The summed E-state index contributed by atoms with van der Waals surface area (Å²) in [5.74, 6) is 0. The smallest absolute Gasteiger partial charge is 0.0239 e. The molecule has 1 N–H and O–H groups in total. The van der Waals surface area contributed by atoms with Crippen molar-refractivity contribution in [3.05, 3.63) is 35.4 Å². The van der Waals surface area contributed by atoms with Crippen molar-refractivity contribution in [1.29, 1.82) is 0 Å². The first kappa shape index (κ1) is 16.5. The van der Waals surface area contributed by atoms with Gasteiger partial charge in [0, 0.05) is 18.1 Å². The van der Waals surface area contributed by atoms with E-state index in [9.17, 15) is 0 Å². The Kier molecular flexibility index (Phi) is 5.83. The normalized spacial score (nSPS) is 15.7. The van der Waals surface area contributed by atoms with Gasteiger partial charge in [-0.3, -0.25) is 4.90 Å². The molecule has 0 unspecified atom stereocenters. The van der Waals surface area contributed by atoms with Crippen LogP contribution in [0.15, 0.2) is 24.3 Å². The monoisotopic (exact) mass is 288 g/mol. The molecule has 0 aliphatic heterocycles. The first-order valence-corrected chi connectivity index (χ1v) is 8.55. The van der Waals surface area contributed by atoms with Gasteiger partial charge in [0.2, 0.25) is 0 Å². The number of hydrogen-bond donors (Lipinski definition) is 1. The van der Waals surface area contributed by atoms with Gasteiger partial charge in [-0.1, -0.05) is 31.2 Å². The average molecular weight is 288 g/mol. The average Bonchev–Trinajstić information content (AvgIpc) is 3.23. The Balaban J connectivity index is 1.95. The summed E-state index contributed by atoms with van der Waals surface area (Å²) < 4.78 is 0. The summed E-state index contributed by atoms with van der Waals surface area (Å²) in [6.45, 7) is 12.4. The Morgan fingerprint density at radius 1 is 1.14 bits per heavy atom. The van der Waals surface area contributed by atoms with Crippen LogP contribution in [0.4, 0.5) is 0 Å².